The van der Waals surface area contributed by atoms with E-state index in [2.05, 4.69) is 22.2 Å². The maximum absolute atomic E-state index is 10.8. The van der Waals surface area contributed by atoms with Gasteiger partial charge in [0.1, 0.15) is 0 Å². The Morgan fingerprint density at radius 3 is 2.31 bits per heavy atom. The standard InChI is InChI=1S/C10H21N3.C9H10O4/c1-12-6-2-10(3-7-12)13-8-4-11-5-9-13;1-9(8(12)13)4-2-3-6(5-9)7(10)11/h10-11H,2-9H2,1H3;2-4H,5H2,1H3,(H,10,11)(H,12,13)/t;9-/m.1/s1. The molecule has 2 heterocycles. The van der Waals surface area contributed by atoms with Crippen LogP contribution in [0.2, 0.25) is 0 Å². The Labute approximate surface area is 155 Å². The van der Waals surface area contributed by atoms with Crippen molar-refractivity contribution in [3.63, 3.8) is 0 Å². The molecule has 2 saturated heterocycles. The lowest BCUT2D eigenvalue weighted by Gasteiger charge is -2.39. The van der Waals surface area contributed by atoms with E-state index in [9.17, 15) is 9.59 Å². The van der Waals surface area contributed by atoms with E-state index in [-0.39, 0.29) is 12.0 Å². The van der Waals surface area contributed by atoms with Crippen LogP contribution < -0.4 is 5.32 Å². The van der Waals surface area contributed by atoms with E-state index in [0.29, 0.717) is 0 Å². The van der Waals surface area contributed by atoms with Gasteiger partial charge in [0.05, 0.1) is 5.41 Å². The number of piperidine rings is 1. The van der Waals surface area contributed by atoms with Gasteiger partial charge >= 0.3 is 11.9 Å². The van der Waals surface area contributed by atoms with Gasteiger partial charge in [-0.15, -0.1) is 0 Å². The van der Waals surface area contributed by atoms with Gasteiger partial charge in [-0.25, -0.2) is 4.79 Å². The third kappa shape index (κ3) is 5.65. The quantitative estimate of drug-likeness (QED) is 0.688. The summed E-state index contributed by atoms with van der Waals surface area (Å²) >= 11 is 0. The fourth-order valence-corrected chi connectivity index (χ4v) is 3.59. The van der Waals surface area contributed by atoms with E-state index >= 15 is 0 Å². The number of nitrogens with one attached hydrogen (secondary N) is 1. The summed E-state index contributed by atoms with van der Waals surface area (Å²) in [5.74, 6) is -2.06. The number of rotatable bonds is 3. The number of hydrogen-bond donors (Lipinski definition) is 3. The first-order chi connectivity index (χ1) is 12.3. The highest BCUT2D eigenvalue weighted by Crippen LogP contribution is 2.31. The van der Waals surface area contributed by atoms with Crippen LogP contribution in [0.4, 0.5) is 0 Å². The first-order valence-corrected chi connectivity index (χ1v) is 9.30. The zero-order valence-corrected chi connectivity index (χ0v) is 15.8. The number of carbonyl (C=O) groups is 2. The largest absolute Gasteiger partial charge is 0.481 e. The van der Waals surface area contributed by atoms with Gasteiger partial charge in [-0.1, -0.05) is 18.2 Å². The van der Waals surface area contributed by atoms with Gasteiger partial charge in [-0.05, 0) is 46.3 Å². The molecule has 0 radical (unpaired) electrons. The number of allylic oxidation sites excluding steroid dienone is 2. The lowest BCUT2D eigenvalue weighted by Crippen LogP contribution is -2.51. The number of aliphatic carboxylic acids is 2. The van der Waals surface area contributed by atoms with Crippen LogP contribution in [0.15, 0.2) is 23.8 Å². The van der Waals surface area contributed by atoms with Crippen LogP contribution >= 0.6 is 0 Å². The fourth-order valence-electron chi connectivity index (χ4n) is 3.59. The summed E-state index contributed by atoms with van der Waals surface area (Å²) in [6, 6.07) is 0.873. The summed E-state index contributed by atoms with van der Waals surface area (Å²) in [4.78, 5) is 26.5. The molecule has 3 N–H and O–H groups in total. The molecule has 0 spiro atoms. The van der Waals surface area contributed by atoms with E-state index in [0.717, 1.165) is 6.04 Å². The summed E-state index contributed by atoms with van der Waals surface area (Å²) in [6.07, 6.45) is 7.18. The molecular formula is C19H31N3O4. The molecule has 7 nitrogen and oxygen atoms in total. The molecule has 26 heavy (non-hydrogen) atoms. The number of nitrogens with zero attached hydrogens (tertiary/aromatic N) is 2. The molecule has 3 rings (SSSR count). The van der Waals surface area contributed by atoms with E-state index in [1.54, 1.807) is 0 Å². The van der Waals surface area contributed by atoms with Crippen molar-refractivity contribution in [3.05, 3.63) is 23.8 Å². The molecule has 3 aliphatic rings. The van der Waals surface area contributed by atoms with Gasteiger partial charge in [0.15, 0.2) is 0 Å². The molecule has 0 aromatic carbocycles. The maximum Gasteiger partial charge on any atom is 0.331 e. The van der Waals surface area contributed by atoms with Crippen LogP contribution in [-0.2, 0) is 9.59 Å². The Morgan fingerprint density at radius 1 is 1.15 bits per heavy atom. The second-order valence-corrected chi connectivity index (χ2v) is 7.58. The number of carboxylic acids is 2. The van der Waals surface area contributed by atoms with E-state index in [1.807, 2.05) is 0 Å². The normalized spacial score (nSPS) is 28.0. The number of carboxylic acid groups (broad SMARTS) is 2. The Balaban J connectivity index is 0.000000187. The zero-order valence-electron chi connectivity index (χ0n) is 15.8. The Morgan fingerprint density at radius 2 is 1.77 bits per heavy atom. The highest BCUT2D eigenvalue weighted by molar-refractivity contribution is 5.90. The highest BCUT2D eigenvalue weighted by atomic mass is 16.4. The molecule has 2 aliphatic heterocycles. The molecule has 0 unspecified atom stereocenters. The predicted octanol–water partition coefficient (Wildman–Crippen LogP) is 1.03. The van der Waals surface area contributed by atoms with Crippen molar-refractivity contribution in [2.24, 2.45) is 5.41 Å². The zero-order chi connectivity index (χ0) is 19.2. The molecule has 2 fully saturated rings. The number of hydrogen-bond acceptors (Lipinski definition) is 5. The van der Waals surface area contributed by atoms with E-state index in [4.69, 9.17) is 10.2 Å². The maximum atomic E-state index is 10.8. The highest BCUT2D eigenvalue weighted by Gasteiger charge is 2.34. The predicted molar refractivity (Wildman–Crippen MR) is 100 cm³/mol. The van der Waals surface area contributed by atoms with Crippen LogP contribution in [0.1, 0.15) is 26.2 Å². The van der Waals surface area contributed by atoms with Crippen LogP contribution in [0.3, 0.4) is 0 Å². The molecule has 0 aromatic rings. The van der Waals surface area contributed by atoms with E-state index < -0.39 is 17.4 Å². The van der Waals surface area contributed by atoms with Crippen LogP contribution in [-0.4, -0.2) is 84.3 Å². The lowest BCUT2D eigenvalue weighted by molar-refractivity contribution is -0.145. The molecule has 0 aromatic heterocycles. The minimum Gasteiger partial charge on any atom is -0.481 e. The van der Waals surface area contributed by atoms with E-state index in [1.165, 1.54) is 77.3 Å². The summed E-state index contributed by atoms with van der Waals surface area (Å²) in [7, 11) is 2.23. The number of piperazine rings is 1. The van der Waals surface area contributed by atoms with Gasteiger partial charge in [-0.3, -0.25) is 9.69 Å². The molecule has 0 bridgehead atoms. The first-order valence-electron chi connectivity index (χ1n) is 9.30. The second kappa shape index (κ2) is 9.30. The smallest absolute Gasteiger partial charge is 0.331 e. The van der Waals surface area contributed by atoms with Crippen LogP contribution in [0, 0.1) is 5.41 Å². The third-order valence-electron chi connectivity index (χ3n) is 5.44. The van der Waals surface area contributed by atoms with Crippen molar-refractivity contribution in [2.75, 3.05) is 46.3 Å². The molecule has 0 amide bonds. The fraction of sp³-hybridized carbons (Fsp3) is 0.684. The summed E-state index contributed by atoms with van der Waals surface area (Å²) in [5, 5.41) is 20.9. The van der Waals surface area contributed by atoms with Gasteiger partial charge in [0.2, 0.25) is 0 Å². The SMILES string of the molecule is CN1CCC(N2CCNCC2)CC1.C[C@@]1(C(=O)O)C=CC=C(C(=O)O)C1. The van der Waals surface area contributed by atoms with Gasteiger partial charge in [-0.2, -0.15) is 0 Å². The topological polar surface area (TPSA) is 93.1 Å². The van der Waals surface area contributed by atoms with Gasteiger partial charge in [0, 0.05) is 37.8 Å². The molecule has 146 valence electrons. The second-order valence-electron chi connectivity index (χ2n) is 7.58. The van der Waals surface area contributed by atoms with Crippen molar-refractivity contribution in [2.45, 2.75) is 32.2 Å². The molecule has 0 saturated carbocycles. The molecule has 1 atom stereocenters. The lowest BCUT2D eigenvalue weighted by atomic mass is 9.80. The van der Waals surface area contributed by atoms with Crippen molar-refractivity contribution in [1.82, 2.24) is 15.1 Å². The van der Waals surface area contributed by atoms with Crippen LogP contribution in [0.5, 0.6) is 0 Å². The number of likely N-dealkylation sites (tertiary alicyclic amines) is 1. The Hall–Kier alpha value is -1.70. The van der Waals surface area contributed by atoms with Crippen molar-refractivity contribution in [3.8, 4) is 0 Å². The summed E-state index contributed by atoms with van der Waals surface area (Å²) < 4.78 is 0. The third-order valence-corrected chi connectivity index (χ3v) is 5.44. The molecule has 7 heteroatoms. The average Bonchev–Trinajstić information content (AvgIpc) is 2.63. The minimum atomic E-state index is -1.08. The first kappa shape index (κ1) is 20.6. The molecular weight excluding hydrogens is 334 g/mol. The van der Waals surface area contributed by atoms with Crippen LogP contribution in [0.25, 0.3) is 0 Å². The summed E-state index contributed by atoms with van der Waals surface area (Å²) in [6.45, 7) is 8.96. The van der Waals surface area contributed by atoms with Gasteiger partial charge < -0.3 is 20.4 Å². The summed E-state index contributed by atoms with van der Waals surface area (Å²) in [5.41, 5.74) is -0.949. The Kier molecular flexibility index (Phi) is 7.37. The van der Waals surface area contributed by atoms with Gasteiger partial charge in [0.25, 0.3) is 0 Å². The van der Waals surface area contributed by atoms with Crippen molar-refractivity contribution in [1.29, 1.82) is 0 Å². The minimum absolute atomic E-state index is 0.0359. The van der Waals surface area contributed by atoms with Crippen molar-refractivity contribution < 1.29 is 19.8 Å². The Bertz CT molecular complexity index is 561. The van der Waals surface area contributed by atoms with Crippen molar-refractivity contribution >= 4 is 11.9 Å². The monoisotopic (exact) mass is 365 g/mol. The molecule has 1 aliphatic carbocycles. The average molecular weight is 365 g/mol.